The van der Waals surface area contributed by atoms with Crippen molar-refractivity contribution < 1.29 is 23.4 Å². The summed E-state index contributed by atoms with van der Waals surface area (Å²) >= 11 is 2.10. The predicted octanol–water partition coefficient (Wildman–Crippen LogP) is 5.96. The van der Waals surface area contributed by atoms with Crippen molar-refractivity contribution >= 4 is 40.3 Å². The van der Waals surface area contributed by atoms with E-state index in [1.807, 2.05) is 13.0 Å². The van der Waals surface area contributed by atoms with Crippen LogP contribution >= 0.6 is 22.6 Å². The molecule has 0 heterocycles. The fourth-order valence-electron chi connectivity index (χ4n) is 3.04. The molecule has 0 unspecified atom stereocenters. The van der Waals surface area contributed by atoms with Crippen LogP contribution in [0.15, 0.2) is 66.2 Å². The third-order valence-corrected chi connectivity index (χ3v) is 5.43. The predicted molar refractivity (Wildman–Crippen MR) is 136 cm³/mol. The molecule has 3 aromatic rings. The summed E-state index contributed by atoms with van der Waals surface area (Å²) in [5.74, 6) is 0.731. The van der Waals surface area contributed by atoms with E-state index in [2.05, 4.69) is 27.9 Å². The minimum atomic E-state index is -0.540. The number of nitrogens with zero attached hydrogens (tertiary/aromatic N) is 1. The molecule has 0 atom stereocenters. The molecule has 174 valence electrons. The number of rotatable bonds is 9. The Balaban J connectivity index is 1.79. The standard InChI is InChI=1S/C26H22FIN2O4/c1-3-33-22-6-4-5-21(14-22)30-26(31)19(15-29)11-18-12-23(28)25(24(13-18)32-2)34-16-17-7-9-20(27)10-8-17/h4-14H,3,16H2,1-2H3,(H,30,31)/b19-11-. The Morgan fingerprint density at radius 2 is 1.91 bits per heavy atom. The van der Waals surface area contributed by atoms with E-state index >= 15 is 0 Å². The summed E-state index contributed by atoms with van der Waals surface area (Å²) in [6.07, 6.45) is 1.48. The Morgan fingerprint density at radius 1 is 1.15 bits per heavy atom. The molecule has 1 N–H and O–H groups in total. The van der Waals surface area contributed by atoms with Crippen LogP contribution in [0.5, 0.6) is 17.2 Å². The number of hydrogen-bond donors (Lipinski definition) is 1. The second-order valence-corrected chi connectivity index (χ2v) is 8.20. The van der Waals surface area contributed by atoms with Crippen LogP contribution < -0.4 is 19.5 Å². The molecule has 0 spiro atoms. The van der Waals surface area contributed by atoms with Gasteiger partial charge in [-0.3, -0.25) is 4.79 Å². The smallest absolute Gasteiger partial charge is 0.266 e. The van der Waals surface area contributed by atoms with Crippen LogP contribution in [0.3, 0.4) is 0 Å². The van der Waals surface area contributed by atoms with Gasteiger partial charge in [-0.1, -0.05) is 18.2 Å². The number of methoxy groups -OCH3 is 1. The van der Waals surface area contributed by atoms with E-state index in [4.69, 9.17) is 14.2 Å². The molecule has 0 fully saturated rings. The number of nitrogens with one attached hydrogen (secondary N) is 1. The van der Waals surface area contributed by atoms with E-state index in [1.54, 1.807) is 48.5 Å². The molecule has 0 aliphatic rings. The summed E-state index contributed by atoms with van der Waals surface area (Å²) in [6, 6.07) is 18.4. The van der Waals surface area contributed by atoms with Crippen LogP contribution in [-0.2, 0) is 11.4 Å². The third kappa shape index (κ3) is 6.71. The van der Waals surface area contributed by atoms with Crippen LogP contribution in [0.2, 0.25) is 0 Å². The molecule has 34 heavy (non-hydrogen) atoms. The first-order valence-electron chi connectivity index (χ1n) is 10.3. The number of anilines is 1. The highest BCUT2D eigenvalue weighted by Crippen LogP contribution is 2.35. The van der Waals surface area contributed by atoms with Crippen molar-refractivity contribution in [2.75, 3.05) is 19.0 Å². The van der Waals surface area contributed by atoms with Gasteiger partial charge in [0, 0.05) is 11.8 Å². The van der Waals surface area contributed by atoms with Crippen molar-refractivity contribution in [1.82, 2.24) is 0 Å². The minimum Gasteiger partial charge on any atom is -0.494 e. The Kier molecular flexibility index (Phi) is 8.87. The van der Waals surface area contributed by atoms with Crippen molar-refractivity contribution in [3.8, 4) is 23.3 Å². The first kappa shape index (κ1) is 25.1. The molecule has 1 amide bonds. The van der Waals surface area contributed by atoms with Gasteiger partial charge in [0.25, 0.3) is 5.91 Å². The Bertz CT molecular complexity index is 1240. The quantitative estimate of drug-likeness (QED) is 0.195. The van der Waals surface area contributed by atoms with E-state index in [-0.39, 0.29) is 18.0 Å². The summed E-state index contributed by atoms with van der Waals surface area (Å²) in [5.41, 5.74) is 1.86. The first-order chi connectivity index (χ1) is 16.4. The van der Waals surface area contributed by atoms with Gasteiger partial charge in [0.1, 0.15) is 29.8 Å². The lowest BCUT2D eigenvalue weighted by Gasteiger charge is -2.14. The monoisotopic (exact) mass is 572 g/mol. The summed E-state index contributed by atoms with van der Waals surface area (Å²) in [7, 11) is 1.51. The molecule has 0 saturated carbocycles. The summed E-state index contributed by atoms with van der Waals surface area (Å²) in [6.45, 7) is 2.61. The number of benzene rings is 3. The van der Waals surface area contributed by atoms with Crippen molar-refractivity contribution in [2.45, 2.75) is 13.5 Å². The number of halogens is 2. The molecule has 3 rings (SSSR count). The van der Waals surface area contributed by atoms with Crippen molar-refractivity contribution in [1.29, 1.82) is 5.26 Å². The number of hydrogen-bond acceptors (Lipinski definition) is 5. The number of nitriles is 1. The van der Waals surface area contributed by atoms with Gasteiger partial charge in [0.2, 0.25) is 0 Å². The maximum absolute atomic E-state index is 13.1. The molecule has 0 saturated heterocycles. The van der Waals surface area contributed by atoms with Crippen molar-refractivity contribution in [3.05, 3.63) is 86.8 Å². The SMILES string of the molecule is CCOc1cccc(NC(=O)/C(C#N)=C\c2cc(I)c(OCc3ccc(F)cc3)c(OC)c2)c1. The van der Waals surface area contributed by atoms with Crippen LogP contribution in [-0.4, -0.2) is 19.6 Å². The highest BCUT2D eigenvalue weighted by Gasteiger charge is 2.14. The first-order valence-corrected chi connectivity index (χ1v) is 11.4. The lowest BCUT2D eigenvalue weighted by molar-refractivity contribution is -0.112. The lowest BCUT2D eigenvalue weighted by Crippen LogP contribution is -2.13. The molecule has 3 aromatic carbocycles. The minimum absolute atomic E-state index is 0.0698. The molecule has 6 nitrogen and oxygen atoms in total. The molecule has 0 aliphatic heterocycles. The zero-order valence-corrected chi connectivity index (χ0v) is 20.8. The van der Waals surface area contributed by atoms with Gasteiger partial charge in [-0.05, 0) is 83.1 Å². The highest BCUT2D eigenvalue weighted by molar-refractivity contribution is 14.1. The zero-order chi connectivity index (χ0) is 24.5. The Hall–Kier alpha value is -3.58. The van der Waals surface area contributed by atoms with Gasteiger partial charge in [-0.2, -0.15) is 5.26 Å². The molecule has 0 aliphatic carbocycles. The number of ether oxygens (including phenoxy) is 3. The topological polar surface area (TPSA) is 80.6 Å². The van der Waals surface area contributed by atoms with Crippen LogP contribution in [0.1, 0.15) is 18.1 Å². The van der Waals surface area contributed by atoms with Gasteiger partial charge < -0.3 is 19.5 Å². The zero-order valence-electron chi connectivity index (χ0n) is 18.6. The molecule has 0 radical (unpaired) electrons. The Morgan fingerprint density at radius 3 is 2.59 bits per heavy atom. The van der Waals surface area contributed by atoms with E-state index in [0.29, 0.717) is 35.1 Å². The van der Waals surface area contributed by atoms with Crippen LogP contribution in [0.25, 0.3) is 6.08 Å². The van der Waals surface area contributed by atoms with Crippen molar-refractivity contribution in [2.24, 2.45) is 0 Å². The maximum atomic E-state index is 13.1. The van der Waals surface area contributed by atoms with E-state index < -0.39 is 5.91 Å². The van der Waals surface area contributed by atoms with Crippen LogP contribution in [0, 0.1) is 20.7 Å². The third-order valence-electron chi connectivity index (χ3n) is 4.63. The molecular formula is C26H22FIN2O4. The summed E-state index contributed by atoms with van der Waals surface area (Å²) < 4.78 is 30.6. The fourth-order valence-corrected chi connectivity index (χ4v) is 3.82. The highest BCUT2D eigenvalue weighted by atomic mass is 127. The maximum Gasteiger partial charge on any atom is 0.266 e. The normalized spacial score (nSPS) is 10.9. The van der Waals surface area contributed by atoms with Crippen molar-refractivity contribution in [3.63, 3.8) is 0 Å². The van der Waals surface area contributed by atoms with Gasteiger partial charge >= 0.3 is 0 Å². The average molecular weight is 572 g/mol. The number of carbonyl (C=O) groups excluding carboxylic acids is 1. The molecule has 0 aromatic heterocycles. The second kappa shape index (κ2) is 12.0. The molecule has 0 bridgehead atoms. The summed E-state index contributed by atoms with van der Waals surface area (Å²) in [5, 5.41) is 12.3. The molecule has 8 heteroatoms. The van der Waals surface area contributed by atoms with E-state index in [0.717, 1.165) is 9.13 Å². The largest absolute Gasteiger partial charge is 0.494 e. The average Bonchev–Trinajstić information content (AvgIpc) is 2.83. The Labute approximate surface area is 211 Å². The number of amides is 1. The lowest BCUT2D eigenvalue weighted by atomic mass is 10.1. The fraction of sp³-hybridized carbons (Fsp3) is 0.154. The summed E-state index contributed by atoms with van der Waals surface area (Å²) in [4.78, 5) is 12.7. The van der Waals surface area contributed by atoms with Gasteiger partial charge in [-0.25, -0.2) is 4.39 Å². The van der Waals surface area contributed by atoms with E-state index in [9.17, 15) is 14.4 Å². The van der Waals surface area contributed by atoms with Gasteiger partial charge in [-0.15, -0.1) is 0 Å². The van der Waals surface area contributed by atoms with E-state index in [1.165, 1.54) is 25.3 Å². The van der Waals surface area contributed by atoms with Gasteiger partial charge in [0.05, 0.1) is 17.3 Å². The van der Waals surface area contributed by atoms with Crippen LogP contribution in [0.4, 0.5) is 10.1 Å². The van der Waals surface area contributed by atoms with Gasteiger partial charge in [0.15, 0.2) is 11.5 Å². The second-order valence-electron chi connectivity index (χ2n) is 7.03. The molecular weight excluding hydrogens is 550 g/mol. The number of carbonyl (C=O) groups is 1.